The second-order valence-electron chi connectivity index (χ2n) is 9.44. The Hall–Kier alpha value is -2.02. The van der Waals surface area contributed by atoms with E-state index < -0.39 is 107 Å². The SMILES string of the molecule is Nc1c(N=Nc2ccc(S(=O)(=O)CCOS(=O)(=O)O)cc2)c(S(=O)(=O)[O-])cc2cc(S(=O)(=O)[O-])c(N=Nc3cccc([N+](=O)[O-])c3)c([O-])c12.[Na+].[Na+].[Na+]. The molecule has 0 heterocycles. The second kappa shape index (κ2) is 18.5. The van der Waals surface area contributed by atoms with Crippen molar-refractivity contribution in [1.82, 2.24) is 0 Å². The molecule has 0 fully saturated rings. The van der Waals surface area contributed by atoms with Crippen LogP contribution in [-0.4, -0.2) is 64.6 Å². The zero-order valence-electron chi connectivity index (χ0n) is 26.8. The Kier molecular flexibility index (Phi) is 17.1. The molecular weight excluding hydrogens is 810 g/mol. The molecule has 21 nitrogen and oxygen atoms in total. The number of nitrogen functional groups attached to an aromatic ring is 1. The van der Waals surface area contributed by atoms with Crippen molar-refractivity contribution in [3.8, 4) is 5.75 Å². The predicted molar refractivity (Wildman–Crippen MR) is 161 cm³/mol. The summed E-state index contributed by atoms with van der Waals surface area (Å²) in [4.78, 5) is 7.44. The fraction of sp³-hybridized carbons (Fsp3) is 0.0833. The summed E-state index contributed by atoms with van der Waals surface area (Å²) in [7, 11) is -20.0. The molecule has 0 aliphatic rings. The van der Waals surface area contributed by atoms with Gasteiger partial charge in [-0.1, -0.05) is 11.8 Å². The molecule has 4 aromatic rings. The first-order valence-electron chi connectivity index (χ1n) is 12.6. The number of hydrogen-bond acceptors (Lipinski definition) is 19. The number of anilines is 1. The number of nitro benzene ring substituents is 1. The third-order valence-corrected chi connectivity index (χ3v) is 10.0. The average Bonchev–Trinajstić information content (AvgIpc) is 2.98. The van der Waals surface area contributed by atoms with E-state index in [1.807, 2.05) is 0 Å². The molecule has 0 bridgehead atoms. The number of fused-ring (bicyclic) bond motifs is 1. The molecule has 0 saturated heterocycles. The summed E-state index contributed by atoms with van der Waals surface area (Å²) in [5.41, 5.74) is 2.36. The first-order valence-corrected chi connectivity index (χ1v) is 18.5. The number of hydrogen-bond donors (Lipinski definition) is 2. The molecule has 0 spiro atoms. The summed E-state index contributed by atoms with van der Waals surface area (Å²) >= 11 is 0. The zero-order chi connectivity index (χ0) is 36.5. The van der Waals surface area contributed by atoms with E-state index in [9.17, 15) is 58.0 Å². The minimum atomic E-state index is -5.53. The largest absolute Gasteiger partial charge is 1.00 e. The van der Waals surface area contributed by atoms with Crippen LogP contribution < -0.4 is 99.5 Å². The number of nitrogens with two attached hydrogens (primary N) is 1. The maximum absolute atomic E-state index is 13.5. The number of nitro groups is 1. The molecule has 0 aliphatic carbocycles. The molecule has 52 heavy (non-hydrogen) atoms. The van der Waals surface area contributed by atoms with E-state index in [1.54, 1.807) is 0 Å². The van der Waals surface area contributed by atoms with Gasteiger partial charge in [0.15, 0.2) is 9.84 Å². The van der Waals surface area contributed by atoms with Crippen LogP contribution >= 0.6 is 0 Å². The van der Waals surface area contributed by atoms with E-state index in [1.165, 1.54) is 12.1 Å². The normalized spacial score (nSPS) is 12.3. The van der Waals surface area contributed by atoms with Crippen molar-refractivity contribution >= 4 is 85.4 Å². The van der Waals surface area contributed by atoms with Gasteiger partial charge in [0.05, 0.1) is 54.7 Å². The van der Waals surface area contributed by atoms with Gasteiger partial charge in [0.2, 0.25) is 0 Å². The topological polar surface area (TPSA) is 354 Å². The van der Waals surface area contributed by atoms with Crippen molar-refractivity contribution < 1.29 is 150 Å². The van der Waals surface area contributed by atoms with Crippen LogP contribution in [0.25, 0.3) is 10.8 Å². The maximum atomic E-state index is 13.5. The summed E-state index contributed by atoms with van der Waals surface area (Å²) in [6.45, 7) is -0.905. The molecule has 0 aliphatic heterocycles. The summed E-state index contributed by atoms with van der Waals surface area (Å²) in [5.74, 6) is -2.25. The van der Waals surface area contributed by atoms with Crippen molar-refractivity contribution in [3.05, 3.63) is 70.8 Å². The minimum absolute atomic E-state index is 0. The van der Waals surface area contributed by atoms with Gasteiger partial charge in [0.1, 0.15) is 25.9 Å². The van der Waals surface area contributed by atoms with Gasteiger partial charge in [-0.25, -0.2) is 29.4 Å². The van der Waals surface area contributed by atoms with Crippen molar-refractivity contribution in [1.29, 1.82) is 0 Å². The van der Waals surface area contributed by atoms with Gasteiger partial charge in [-0.3, -0.25) is 14.7 Å². The number of nitrogens with zero attached hydrogens (tertiary/aromatic N) is 5. The van der Waals surface area contributed by atoms with Gasteiger partial charge in [-0.15, -0.1) is 10.2 Å². The van der Waals surface area contributed by atoms with Gasteiger partial charge >= 0.3 is 99.1 Å². The van der Waals surface area contributed by atoms with Crippen molar-refractivity contribution in [2.75, 3.05) is 18.1 Å². The molecule has 0 radical (unpaired) electrons. The Morgan fingerprint density at radius 3 is 1.79 bits per heavy atom. The fourth-order valence-electron chi connectivity index (χ4n) is 4.05. The van der Waals surface area contributed by atoms with Crippen LogP contribution in [0.5, 0.6) is 5.75 Å². The predicted octanol–water partition coefficient (Wildman–Crippen LogP) is -6.35. The first-order chi connectivity index (χ1) is 22.6. The van der Waals surface area contributed by atoms with Gasteiger partial charge in [-0.2, -0.15) is 18.6 Å². The minimum Gasteiger partial charge on any atom is -0.870 e. The molecule has 0 amide bonds. The second-order valence-corrected chi connectivity index (χ2v) is 15.3. The first kappa shape index (κ1) is 48.0. The zero-order valence-corrected chi connectivity index (χ0v) is 36.1. The van der Waals surface area contributed by atoms with Crippen LogP contribution in [0.1, 0.15) is 0 Å². The molecule has 260 valence electrons. The molecule has 0 aromatic heterocycles. The molecule has 3 N–H and O–H groups in total. The van der Waals surface area contributed by atoms with Gasteiger partial charge in [0, 0.05) is 17.5 Å². The summed E-state index contributed by atoms with van der Waals surface area (Å²) in [6, 6.07) is 9.55. The molecule has 4 aromatic carbocycles. The standard InChI is InChI=1S/C24H20N6O15S4.3Na/c25-21-20-13(11-19(48(39,40)41)23(24(20)31)29-27-15-2-1-3-16(12-15)30(32)33)10-18(47(36,37)38)22(21)28-26-14-4-6-17(7-5-14)46(34,35)9-8-45-49(42,43)44;;;/h1-7,10-12,31H,8-9,25H2,(H,36,37,38)(H,39,40,41)(H,42,43,44);;;/q;3*+1/p-3. The van der Waals surface area contributed by atoms with E-state index in [2.05, 4.69) is 24.6 Å². The molecular formula is C24H17N6Na3O15S4. The van der Waals surface area contributed by atoms with Crippen LogP contribution in [-0.2, 0) is 44.7 Å². The van der Waals surface area contributed by atoms with E-state index in [4.69, 9.17) is 10.3 Å². The Bertz CT molecular complexity index is 2520. The Labute approximate surface area is 361 Å². The number of azo groups is 2. The summed E-state index contributed by atoms with van der Waals surface area (Å²) < 4.78 is 131. The van der Waals surface area contributed by atoms with Crippen molar-refractivity contribution in [2.45, 2.75) is 14.7 Å². The van der Waals surface area contributed by atoms with Gasteiger partial charge in [-0.05, 0) is 47.9 Å². The molecule has 0 atom stereocenters. The third kappa shape index (κ3) is 12.0. The number of non-ortho nitro benzene ring substituents is 1. The average molecular weight is 827 g/mol. The van der Waals surface area contributed by atoms with Crippen LogP contribution in [0.3, 0.4) is 0 Å². The number of rotatable bonds is 12. The van der Waals surface area contributed by atoms with Gasteiger partial charge in [0.25, 0.3) is 5.69 Å². The van der Waals surface area contributed by atoms with Gasteiger partial charge < -0.3 is 19.9 Å². The fourth-order valence-corrected chi connectivity index (χ4v) is 6.83. The molecule has 0 unspecified atom stereocenters. The third-order valence-electron chi connectivity index (χ3n) is 6.19. The van der Waals surface area contributed by atoms with Crippen LogP contribution in [0.4, 0.5) is 34.1 Å². The molecule has 0 saturated carbocycles. The smallest absolute Gasteiger partial charge is 0.870 e. The van der Waals surface area contributed by atoms with Crippen LogP contribution in [0.15, 0.2) is 95.8 Å². The van der Waals surface area contributed by atoms with E-state index in [0.717, 1.165) is 36.4 Å². The Morgan fingerprint density at radius 2 is 1.27 bits per heavy atom. The molecule has 4 rings (SSSR count). The Morgan fingerprint density at radius 1 is 0.750 bits per heavy atom. The monoisotopic (exact) mass is 826 g/mol. The van der Waals surface area contributed by atoms with Crippen LogP contribution in [0, 0.1) is 10.1 Å². The van der Waals surface area contributed by atoms with E-state index >= 15 is 0 Å². The van der Waals surface area contributed by atoms with Crippen LogP contribution in [0.2, 0.25) is 0 Å². The number of benzene rings is 4. The van der Waals surface area contributed by atoms with E-state index in [0.29, 0.717) is 12.1 Å². The van der Waals surface area contributed by atoms with E-state index in [-0.39, 0.29) is 105 Å². The van der Waals surface area contributed by atoms with Crippen molar-refractivity contribution in [2.24, 2.45) is 20.5 Å². The Balaban J connectivity index is 0.00000451. The quantitative estimate of drug-likeness (QED) is 0.0335. The number of sulfone groups is 1. The molecule has 28 heteroatoms. The summed E-state index contributed by atoms with van der Waals surface area (Å²) in [6.07, 6.45) is 0. The summed E-state index contributed by atoms with van der Waals surface area (Å²) in [5, 5.41) is 37.7. The maximum Gasteiger partial charge on any atom is 1.00 e. The van der Waals surface area contributed by atoms with Crippen molar-refractivity contribution in [3.63, 3.8) is 0 Å².